The summed E-state index contributed by atoms with van der Waals surface area (Å²) in [6.07, 6.45) is 0.875. The van der Waals surface area contributed by atoms with E-state index in [4.69, 9.17) is 4.74 Å². The molecule has 2 aliphatic rings. The minimum atomic E-state index is -4.94. The number of ether oxygens (including phenoxy) is 1. The number of alkyl halides is 3. The molecule has 5 rings (SSSR count). The lowest BCUT2D eigenvalue weighted by Crippen LogP contribution is -2.37. The second-order valence-electron chi connectivity index (χ2n) is 10.3. The van der Waals surface area contributed by atoms with Crippen LogP contribution in [-0.2, 0) is 31.1 Å². The van der Waals surface area contributed by atoms with Crippen LogP contribution in [0.3, 0.4) is 0 Å². The van der Waals surface area contributed by atoms with E-state index in [1.54, 1.807) is 6.07 Å². The summed E-state index contributed by atoms with van der Waals surface area (Å²) in [5, 5.41) is 4.72. The van der Waals surface area contributed by atoms with Crippen molar-refractivity contribution < 1.29 is 43.3 Å². The van der Waals surface area contributed by atoms with Gasteiger partial charge in [0.2, 0.25) is 10.0 Å². The summed E-state index contributed by atoms with van der Waals surface area (Å²) in [7, 11) is -7.68. The van der Waals surface area contributed by atoms with Gasteiger partial charge in [0.05, 0.1) is 23.6 Å². The van der Waals surface area contributed by atoms with E-state index in [9.17, 15) is 30.0 Å². The Labute approximate surface area is 234 Å². The minimum absolute atomic E-state index is 0.0865. The summed E-state index contributed by atoms with van der Waals surface area (Å²) in [5.41, 5.74) is -1.01. The van der Waals surface area contributed by atoms with Crippen LogP contribution in [0.25, 0.3) is 22.2 Å². The van der Waals surface area contributed by atoms with Crippen LogP contribution in [0.2, 0.25) is 0 Å². The first-order valence-electron chi connectivity index (χ1n) is 12.9. The number of aromatic nitrogens is 3. The number of hydrogen-bond donors (Lipinski definition) is 0. The first-order chi connectivity index (χ1) is 19.1. The van der Waals surface area contributed by atoms with Crippen molar-refractivity contribution in [3.63, 3.8) is 0 Å². The highest BCUT2D eigenvalue weighted by atomic mass is 32.2. The van der Waals surface area contributed by atoms with Crippen LogP contribution in [-0.4, -0.2) is 68.1 Å². The third-order valence-electron chi connectivity index (χ3n) is 7.25. The van der Waals surface area contributed by atoms with Gasteiger partial charge in [0.15, 0.2) is 17.8 Å². The molecule has 4 heterocycles. The molecule has 3 aromatic rings. The van der Waals surface area contributed by atoms with Gasteiger partial charge in [-0.1, -0.05) is 0 Å². The average Bonchev–Trinajstić information content (AvgIpc) is 3.27. The van der Waals surface area contributed by atoms with Crippen LogP contribution in [0, 0.1) is 5.82 Å². The maximum absolute atomic E-state index is 15.6. The van der Waals surface area contributed by atoms with Crippen LogP contribution in [0.5, 0.6) is 5.75 Å². The van der Waals surface area contributed by atoms with E-state index < -0.39 is 55.2 Å². The summed E-state index contributed by atoms with van der Waals surface area (Å²) >= 11 is 0. The van der Waals surface area contributed by atoms with Crippen molar-refractivity contribution in [1.29, 1.82) is 0 Å². The normalized spacial score (nSPS) is 20.0. The zero-order chi connectivity index (χ0) is 29.7. The molecule has 2 saturated heterocycles. The zero-order valence-electron chi connectivity index (χ0n) is 22.2. The van der Waals surface area contributed by atoms with Crippen LogP contribution < -0.4 is 4.18 Å². The lowest BCUT2D eigenvalue weighted by molar-refractivity contribution is -0.137. The highest BCUT2D eigenvalue weighted by molar-refractivity contribution is 7.88. The Kier molecular flexibility index (Phi) is 7.80. The van der Waals surface area contributed by atoms with Crippen LogP contribution >= 0.6 is 0 Å². The molecule has 0 saturated carbocycles. The second-order valence-corrected chi connectivity index (χ2v) is 13.9. The number of benzene rings is 1. The minimum Gasteiger partial charge on any atom is -0.379 e. The average molecular weight is 621 g/mol. The van der Waals surface area contributed by atoms with Crippen LogP contribution in [0.1, 0.15) is 55.5 Å². The van der Waals surface area contributed by atoms with Crippen molar-refractivity contribution in [3.8, 4) is 17.0 Å². The molecule has 0 amide bonds. The summed E-state index contributed by atoms with van der Waals surface area (Å²) in [6, 6.07) is 2.58. The standard InChI is InChI=1S/C25H28F4N4O6S2/c1-40(34,35)32-8-6-15(7-9-32)19-13-20-18(14-30-19)24(31-33(20)22-5-3-4-10-38-22)17-11-16(25(27,28)29)12-21(23(17)26)39-41(2,36)37/h11-15,22H,3-10H2,1-2H3. The number of hydrogen-bond acceptors (Lipinski definition) is 8. The van der Waals surface area contributed by atoms with Crippen molar-refractivity contribution in [2.24, 2.45) is 0 Å². The summed E-state index contributed by atoms with van der Waals surface area (Å²) in [6.45, 7) is 1.07. The van der Waals surface area contributed by atoms with Gasteiger partial charge in [-0.25, -0.2) is 21.8 Å². The van der Waals surface area contributed by atoms with Gasteiger partial charge in [0, 0.05) is 48.5 Å². The van der Waals surface area contributed by atoms with E-state index in [0.29, 0.717) is 68.6 Å². The second kappa shape index (κ2) is 10.8. The number of sulfonamides is 1. The van der Waals surface area contributed by atoms with E-state index in [1.807, 2.05) is 0 Å². The van der Waals surface area contributed by atoms with Crippen molar-refractivity contribution in [3.05, 3.63) is 41.5 Å². The molecule has 41 heavy (non-hydrogen) atoms. The smallest absolute Gasteiger partial charge is 0.379 e. The SMILES string of the molecule is CS(=O)(=O)Oc1cc(C(F)(F)F)cc(-c2nn(C3CCCCO3)c3cc(C4CCN(S(C)(=O)=O)CC4)ncc23)c1F. The highest BCUT2D eigenvalue weighted by Gasteiger charge is 2.35. The first kappa shape index (κ1) is 29.7. The number of pyridine rings is 1. The summed E-state index contributed by atoms with van der Waals surface area (Å²) < 4.78 is 118. The fourth-order valence-electron chi connectivity index (χ4n) is 5.25. The van der Waals surface area contributed by atoms with Crippen molar-refractivity contribution in [1.82, 2.24) is 19.1 Å². The Balaban J connectivity index is 1.65. The molecule has 2 aliphatic heterocycles. The molecule has 1 unspecified atom stereocenters. The van der Waals surface area contributed by atoms with Crippen LogP contribution in [0.15, 0.2) is 24.4 Å². The molecule has 0 radical (unpaired) electrons. The molecular formula is C25H28F4N4O6S2. The number of nitrogens with zero attached hydrogens (tertiary/aromatic N) is 4. The molecule has 2 fully saturated rings. The molecule has 2 aromatic heterocycles. The third kappa shape index (κ3) is 6.34. The van der Waals surface area contributed by atoms with Gasteiger partial charge in [-0.05, 0) is 50.3 Å². The fraction of sp³-hybridized carbons (Fsp3) is 0.520. The Morgan fingerprint density at radius 2 is 1.73 bits per heavy atom. The number of halogens is 4. The van der Waals surface area contributed by atoms with Crippen molar-refractivity contribution in [2.45, 2.75) is 50.4 Å². The Hall–Kier alpha value is -2.82. The summed E-state index contributed by atoms with van der Waals surface area (Å²) in [5.74, 6) is -2.51. The number of piperidine rings is 1. The van der Waals surface area contributed by atoms with Crippen LogP contribution in [0.4, 0.5) is 17.6 Å². The van der Waals surface area contributed by atoms with Crippen molar-refractivity contribution >= 4 is 31.0 Å². The highest BCUT2D eigenvalue weighted by Crippen LogP contribution is 2.41. The molecular weight excluding hydrogens is 592 g/mol. The molecule has 0 N–H and O–H groups in total. The van der Waals surface area contributed by atoms with Gasteiger partial charge in [0.1, 0.15) is 5.69 Å². The molecule has 1 aromatic carbocycles. The van der Waals surface area contributed by atoms with Gasteiger partial charge in [-0.2, -0.15) is 26.7 Å². The largest absolute Gasteiger partial charge is 0.416 e. The molecule has 0 spiro atoms. The molecule has 0 bridgehead atoms. The summed E-state index contributed by atoms with van der Waals surface area (Å²) in [4.78, 5) is 4.51. The lowest BCUT2D eigenvalue weighted by atomic mass is 9.93. The van der Waals surface area contributed by atoms with Crippen molar-refractivity contribution in [2.75, 3.05) is 32.2 Å². The predicted octanol–water partition coefficient (Wildman–Crippen LogP) is 4.43. The molecule has 16 heteroatoms. The molecule has 0 aliphatic carbocycles. The number of rotatable bonds is 6. The molecule has 1 atom stereocenters. The molecule has 224 valence electrons. The van der Waals surface area contributed by atoms with Gasteiger partial charge in [-0.3, -0.25) is 4.98 Å². The maximum Gasteiger partial charge on any atom is 0.416 e. The molecule has 10 nitrogen and oxygen atoms in total. The maximum atomic E-state index is 15.6. The van der Waals surface area contributed by atoms with Gasteiger partial charge in [-0.15, -0.1) is 0 Å². The Morgan fingerprint density at radius 1 is 1.02 bits per heavy atom. The Bertz CT molecular complexity index is 1680. The van der Waals surface area contributed by atoms with Gasteiger partial charge in [0.25, 0.3) is 0 Å². The van der Waals surface area contributed by atoms with Gasteiger partial charge >= 0.3 is 16.3 Å². The van der Waals surface area contributed by atoms with E-state index >= 15 is 4.39 Å². The van der Waals surface area contributed by atoms with E-state index in [0.717, 1.165) is 19.1 Å². The zero-order valence-corrected chi connectivity index (χ0v) is 23.8. The fourth-order valence-corrected chi connectivity index (χ4v) is 6.57. The monoisotopic (exact) mass is 620 g/mol. The predicted molar refractivity (Wildman–Crippen MR) is 141 cm³/mol. The van der Waals surface area contributed by atoms with E-state index in [2.05, 4.69) is 14.3 Å². The third-order valence-corrected chi connectivity index (χ3v) is 9.03. The lowest BCUT2D eigenvalue weighted by Gasteiger charge is -2.30. The Morgan fingerprint density at radius 3 is 2.32 bits per heavy atom. The van der Waals surface area contributed by atoms with E-state index in [-0.39, 0.29) is 17.0 Å². The topological polar surface area (TPSA) is 121 Å². The quantitative estimate of drug-likeness (QED) is 0.293. The van der Waals surface area contributed by atoms with Gasteiger partial charge < -0.3 is 8.92 Å². The number of fused-ring (bicyclic) bond motifs is 1. The van der Waals surface area contributed by atoms with E-state index in [1.165, 1.54) is 15.2 Å². The first-order valence-corrected chi connectivity index (χ1v) is 16.5.